The maximum Gasteiger partial charge on any atom is 0.147 e. The Balaban J connectivity index is 2.43. The van der Waals surface area contributed by atoms with Crippen molar-refractivity contribution in [3.8, 4) is 0 Å². The third-order valence-corrected chi connectivity index (χ3v) is 4.48. The van der Waals surface area contributed by atoms with E-state index in [0.717, 1.165) is 12.0 Å². The smallest absolute Gasteiger partial charge is 0.147 e. The summed E-state index contributed by atoms with van der Waals surface area (Å²) in [5, 5.41) is 19.5. The molecule has 2 atom stereocenters. The molecule has 0 saturated heterocycles. The largest absolute Gasteiger partial charge is 0.392 e. The Labute approximate surface area is 163 Å². The van der Waals surface area contributed by atoms with E-state index in [9.17, 15) is 5.11 Å². The molecule has 0 aromatic heterocycles. The van der Waals surface area contributed by atoms with E-state index in [1.54, 1.807) is 13.2 Å². The molecule has 0 spiro atoms. The number of allylic oxidation sites excluding steroid dienone is 1. The number of aliphatic hydroxyl groups is 2. The van der Waals surface area contributed by atoms with Crippen LogP contribution in [0.4, 0.5) is 0 Å². The third-order valence-electron chi connectivity index (χ3n) is 4.48. The predicted octanol–water partition coefficient (Wildman–Crippen LogP) is 3.61. The van der Waals surface area contributed by atoms with Gasteiger partial charge in [0.05, 0.1) is 31.5 Å². The minimum Gasteiger partial charge on any atom is -0.392 e. The highest BCUT2D eigenvalue weighted by Crippen LogP contribution is 2.25. The quantitative estimate of drug-likeness (QED) is 0.294. The summed E-state index contributed by atoms with van der Waals surface area (Å²) in [4.78, 5) is 0. The molecule has 0 heterocycles. The predicted molar refractivity (Wildman–Crippen MR) is 107 cm³/mol. The van der Waals surface area contributed by atoms with E-state index in [4.69, 9.17) is 19.3 Å². The Bertz CT molecular complexity index is 555. The fourth-order valence-electron chi connectivity index (χ4n) is 2.60. The second kappa shape index (κ2) is 13.6. The van der Waals surface area contributed by atoms with Crippen molar-refractivity contribution in [2.75, 3.05) is 27.1 Å². The number of methoxy groups -OCH3 is 1. The third kappa shape index (κ3) is 9.84. The molecule has 2 N–H and O–H groups in total. The van der Waals surface area contributed by atoms with E-state index in [1.165, 1.54) is 5.57 Å². The van der Waals surface area contributed by atoms with Crippen molar-refractivity contribution in [1.29, 1.82) is 0 Å². The van der Waals surface area contributed by atoms with Crippen molar-refractivity contribution >= 4 is 0 Å². The van der Waals surface area contributed by atoms with Crippen LogP contribution in [0, 0.1) is 0 Å². The van der Waals surface area contributed by atoms with Crippen LogP contribution < -0.4 is 0 Å². The molecule has 0 fully saturated rings. The van der Waals surface area contributed by atoms with E-state index >= 15 is 0 Å². The number of hydrogen-bond donors (Lipinski definition) is 2. The summed E-state index contributed by atoms with van der Waals surface area (Å²) in [6.45, 7) is 5.13. The number of rotatable bonds is 14. The topological polar surface area (TPSA) is 68.2 Å². The monoisotopic (exact) mass is 378 g/mol. The summed E-state index contributed by atoms with van der Waals surface area (Å²) < 4.78 is 16.4. The molecule has 0 aliphatic heterocycles. The average Bonchev–Trinajstić information content (AvgIpc) is 2.68. The molecule has 0 bridgehead atoms. The lowest BCUT2D eigenvalue weighted by atomic mass is 9.90. The van der Waals surface area contributed by atoms with Crippen molar-refractivity contribution in [1.82, 2.24) is 0 Å². The van der Waals surface area contributed by atoms with Crippen molar-refractivity contribution < 1.29 is 24.4 Å². The highest BCUT2D eigenvalue weighted by atomic mass is 16.7. The maximum absolute atomic E-state index is 10.6. The molecular formula is C22H34O5. The normalized spacial score (nSPS) is 15.8. The van der Waals surface area contributed by atoms with Gasteiger partial charge in [0.25, 0.3) is 0 Å². The minimum atomic E-state index is -0.758. The fraction of sp³-hybridized carbons (Fsp3) is 0.545. The van der Waals surface area contributed by atoms with Crippen molar-refractivity contribution in [3.63, 3.8) is 0 Å². The first-order valence-corrected chi connectivity index (χ1v) is 9.36. The first-order valence-electron chi connectivity index (χ1n) is 9.36. The van der Waals surface area contributed by atoms with E-state index in [-0.39, 0.29) is 13.4 Å². The molecule has 5 nitrogen and oxygen atoms in total. The van der Waals surface area contributed by atoms with Gasteiger partial charge in [0.1, 0.15) is 6.79 Å². The summed E-state index contributed by atoms with van der Waals surface area (Å²) in [5.41, 5.74) is 1.56. The first kappa shape index (κ1) is 23.5. The van der Waals surface area contributed by atoms with Crippen LogP contribution >= 0.6 is 0 Å². The van der Waals surface area contributed by atoms with E-state index in [2.05, 4.69) is 6.08 Å². The van der Waals surface area contributed by atoms with Crippen LogP contribution in [0.25, 0.3) is 0 Å². The first-order chi connectivity index (χ1) is 13.0. The summed E-state index contributed by atoms with van der Waals surface area (Å²) >= 11 is 0. The zero-order valence-electron chi connectivity index (χ0n) is 16.8. The molecule has 152 valence electrons. The number of benzene rings is 1. The lowest BCUT2D eigenvalue weighted by Crippen LogP contribution is -2.42. The minimum absolute atomic E-state index is 0.0265. The summed E-state index contributed by atoms with van der Waals surface area (Å²) in [6.07, 6.45) is 6.70. The van der Waals surface area contributed by atoms with E-state index in [0.29, 0.717) is 26.1 Å². The van der Waals surface area contributed by atoms with Gasteiger partial charge in [-0.1, -0.05) is 54.1 Å². The molecule has 0 saturated carbocycles. The van der Waals surface area contributed by atoms with Gasteiger partial charge in [-0.05, 0) is 38.7 Å². The second-order valence-electron chi connectivity index (χ2n) is 6.83. The van der Waals surface area contributed by atoms with Crippen LogP contribution in [-0.4, -0.2) is 49.0 Å². The lowest BCUT2D eigenvalue weighted by molar-refractivity contribution is -0.168. The zero-order valence-corrected chi connectivity index (χ0v) is 16.8. The van der Waals surface area contributed by atoms with Gasteiger partial charge < -0.3 is 24.4 Å². The highest BCUT2D eigenvalue weighted by Gasteiger charge is 2.32. The standard InChI is InChI=1S/C22H34O5/c1-19(13-16-26-17-20-9-5-4-6-10-20)11-12-21(24)22(2,27-18-25-3)14-7-8-15-23/h4-10,13,21,23-24H,11-12,14-18H2,1-3H3/b8-7+,19-13+/t21-,22-/m1/s1. The zero-order chi connectivity index (χ0) is 20.0. The maximum atomic E-state index is 10.6. The molecule has 1 rings (SSSR count). The van der Waals surface area contributed by atoms with Crippen molar-refractivity contribution in [2.45, 2.75) is 51.4 Å². The molecule has 0 radical (unpaired) electrons. The van der Waals surface area contributed by atoms with Gasteiger partial charge in [-0.2, -0.15) is 0 Å². The van der Waals surface area contributed by atoms with Crippen LogP contribution in [0.5, 0.6) is 0 Å². The van der Waals surface area contributed by atoms with Crippen LogP contribution in [0.3, 0.4) is 0 Å². The molecule has 27 heavy (non-hydrogen) atoms. The Morgan fingerprint density at radius 2 is 1.96 bits per heavy atom. The van der Waals surface area contributed by atoms with Gasteiger partial charge in [0.15, 0.2) is 0 Å². The van der Waals surface area contributed by atoms with Gasteiger partial charge in [0.2, 0.25) is 0 Å². The molecule has 0 unspecified atom stereocenters. The van der Waals surface area contributed by atoms with Crippen LogP contribution in [0.2, 0.25) is 0 Å². The van der Waals surface area contributed by atoms with E-state index < -0.39 is 11.7 Å². The van der Waals surface area contributed by atoms with Gasteiger partial charge >= 0.3 is 0 Å². The molecule has 1 aromatic carbocycles. The van der Waals surface area contributed by atoms with Crippen LogP contribution in [-0.2, 0) is 20.8 Å². The molecule has 0 amide bonds. The summed E-state index contributed by atoms with van der Waals surface area (Å²) in [5.74, 6) is 0. The van der Waals surface area contributed by atoms with Crippen LogP contribution in [0.1, 0.15) is 38.7 Å². The average molecular weight is 379 g/mol. The molecule has 0 aliphatic carbocycles. The SMILES string of the molecule is COCO[C@](C)(C/C=C/CO)[C@H](O)CC/C(C)=C/COCc1ccccc1. The number of ether oxygens (including phenoxy) is 3. The molecule has 0 aliphatic rings. The summed E-state index contributed by atoms with van der Waals surface area (Å²) in [6, 6.07) is 10.1. The molecule has 1 aromatic rings. The Morgan fingerprint density at radius 3 is 2.63 bits per heavy atom. The number of hydrogen-bond acceptors (Lipinski definition) is 5. The highest BCUT2D eigenvalue weighted by molar-refractivity contribution is 5.13. The second-order valence-corrected chi connectivity index (χ2v) is 6.83. The molecule has 5 heteroatoms. The Kier molecular flexibility index (Phi) is 11.9. The van der Waals surface area contributed by atoms with Crippen LogP contribution in [0.15, 0.2) is 54.1 Å². The van der Waals surface area contributed by atoms with Gasteiger partial charge in [-0.3, -0.25) is 0 Å². The van der Waals surface area contributed by atoms with Gasteiger partial charge in [-0.15, -0.1) is 0 Å². The van der Waals surface area contributed by atoms with E-state index in [1.807, 2.05) is 50.3 Å². The fourth-order valence-corrected chi connectivity index (χ4v) is 2.60. The van der Waals surface area contributed by atoms with Gasteiger partial charge in [0, 0.05) is 7.11 Å². The molecular weight excluding hydrogens is 344 g/mol. The lowest BCUT2D eigenvalue weighted by Gasteiger charge is -2.33. The van der Waals surface area contributed by atoms with Crippen molar-refractivity contribution in [3.05, 3.63) is 59.7 Å². The number of aliphatic hydroxyl groups excluding tert-OH is 2. The van der Waals surface area contributed by atoms with Crippen molar-refractivity contribution in [2.24, 2.45) is 0 Å². The Morgan fingerprint density at radius 1 is 1.22 bits per heavy atom. The Hall–Kier alpha value is -1.50. The van der Waals surface area contributed by atoms with Gasteiger partial charge in [-0.25, -0.2) is 0 Å². The summed E-state index contributed by atoms with van der Waals surface area (Å²) in [7, 11) is 1.55.